The van der Waals surface area contributed by atoms with Crippen LogP contribution in [0, 0.1) is 13.8 Å². The molecule has 2 aromatic carbocycles. The van der Waals surface area contributed by atoms with Gasteiger partial charge in [0, 0.05) is 23.6 Å². The van der Waals surface area contributed by atoms with E-state index in [1.807, 2.05) is 36.0 Å². The average Bonchev–Trinajstić information content (AvgIpc) is 3.07. The van der Waals surface area contributed by atoms with Gasteiger partial charge in [-0.1, -0.05) is 17.4 Å². The van der Waals surface area contributed by atoms with Gasteiger partial charge in [0.2, 0.25) is 5.91 Å². The smallest absolute Gasteiger partial charge is 0.248 e. The van der Waals surface area contributed by atoms with E-state index in [4.69, 9.17) is 4.74 Å². The van der Waals surface area contributed by atoms with Crippen molar-refractivity contribution in [2.24, 2.45) is 4.99 Å². The summed E-state index contributed by atoms with van der Waals surface area (Å²) in [7, 11) is 1.67. The van der Waals surface area contributed by atoms with E-state index in [0.717, 1.165) is 35.0 Å². The summed E-state index contributed by atoms with van der Waals surface area (Å²) in [4.78, 5) is 19.1. The molecule has 1 amide bonds. The molecule has 0 fully saturated rings. The van der Waals surface area contributed by atoms with Crippen LogP contribution in [0.2, 0.25) is 0 Å². The minimum absolute atomic E-state index is 0.0378. The van der Waals surface area contributed by atoms with Crippen LogP contribution in [0.25, 0.3) is 10.2 Å². The zero-order valence-corrected chi connectivity index (χ0v) is 20.4. The van der Waals surface area contributed by atoms with Gasteiger partial charge in [-0.25, -0.2) is 0 Å². The molecule has 1 heterocycles. The Labute approximate surface area is 190 Å². The highest BCUT2D eigenvalue weighted by Crippen LogP contribution is 2.24. The van der Waals surface area contributed by atoms with Gasteiger partial charge < -0.3 is 9.30 Å². The third-order valence-corrected chi connectivity index (χ3v) is 7.64. The lowest BCUT2D eigenvalue weighted by molar-refractivity contribution is -0.118. The first-order valence-electron chi connectivity index (χ1n) is 9.95. The minimum Gasteiger partial charge on any atom is -0.497 e. The molecule has 3 aromatic rings. The predicted octanol–water partition coefficient (Wildman–Crippen LogP) is 5.69. The van der Waals surface area contributed by atoms with Crippen LogP contribution in [-0.4, -0.2) is 35.3 Å². The third kappa shape index (κ3) is 5.93. The average molecular weight is 461 g/mol. The van der Waals surface area contributed by atoms with Crippen molar-refractivity contribution in [1.29, 1.82) is 0 Å². The molecule has 0 saturated heterocycles. The van der Waals surface area contributed by atoms with Gasteiger partial charge in [0.15, 0.2) is 4.80 Å². The Kier molecular flexibility index (Phi) is 8.48. The molecule has 0 aliphatic rings. The van der Waals surface area contributed by atoms with Crippen LogP contribution in [0.4, 0.5) is 0 Å². The van der Waals surface area contributed by atoms with Crippen LogP contribution in [0.1, 0.15) is 24.0 Å². The molecule has 160 valence electrons. The number of aryl methyl sites for hydroxylation is 3. The summed E-state index contributed by atoms with van der Waals surface area (Å²) in [5.74, 6) is 2.71. The number of hydrogen-bond donors (Lipinski definition) is 0. The SMILES string of the molecule is COc1ccc(SCCCC(=O)N=c2sc3c(C)cc(C)cc3n2CCSC)cc1. The normalized spacial score (nSPS) is 11.9. The number of thioether (sulfide) groups is 2. The van der Waals surface area contributed by atoms with E-state index in [-0.39, 0.29) is 5.91 Å². The quantitative estimate of drug-likeness (QED) is 0.304. The maximum atomic E-state index is 12.6. The topological polar surface area (TPSA) is 43.6 Å². The molecular formula is C23H28N2O2S3. The molecule has 0 saturated carbocycles. The summed E-state index contributed by atoms with van der Waals surface area (Å²) in [6, 6.07) is 12.4. The predicted molar refractivity (Wildman–Crippen MR) is 131 cm³/mol. The maximum absolute atomic E-state index is 12.6. The molecule has 0 aliphatic heterocycles. The first-order chi connectivity index (χ1) is 14.5. The van der Waals surface area contributed by atoms with Gasteiger partial charge in [-0.2, -0.15) is 16.8 Å². The van der Waals surface area contributed by atoms with Crippen LogP contribution in [0.5, 0.6) is 5.75 Å². The van der Waals surface area contributed by atoms with E-state index in [0.29, 0.717) is 6.42 Å². The second-order valence-corrected chi connectivity index (χ2v) is 10.2. The molecule has 0 aliphatic carbocycles. The fraction of sp³-hybridized carbons (Fsp3) is 0.391. The highest BCUT2D eigenvalue weighted by atomic mass is 32.2. The van der Waals surface area contributed by atoms with Crippen molar-refractivity contribution in [3.63, 3.8) is 0 Å². The van der Waals surface area contributed by atoms with E-state index >= 15 is 0 Å². The monoisotopic (exact) mass is 460 g/mol. The van der Waals surface area contributed by atoms with E-state index in [1.165, 1.54) is 26.2 Å². The second kappa shape index (κ2) is 11.1. The summed E-state index contributed by atoms with van der Waals surface area (Å²) < 4.78 is 8.62. The molecule has 0 N–H and O–H groups in total. The number of nitrogens with zero attached hydrogens (tertiary/aromatic N) is 2. The minimum atomic E-state index is -0.0378. The van der Waals surface area contributed by atoms with Crippen LogP contribution >= 0.6 is 34.9 Å². The van der Waals surface area contributed by atoms with Crippen molar-refractivity contribution in [3.05, 3.63) is 52.3 Å². The fourth-order valence-corrected chi connectivity index (χ4v) is 5.59. The molecule has 3 rings (SSSR count). The number of thiazole rings is 1. The Bertz CT molecular complexity index is 1070. The van der Waals surface area contributed by atoms with E-state index in [1.54, 1.807) is 30.2 Å². The van der Waals surface area contributed by atoms with E-state index in [9.17, 15) is 4.79 Å². The van der Waals surface area contributed by atoms with Crippen LogP contribution in [-0.2, 0) is 11.3 Å². The van der Waals surface area contributed by atoms with Crippen molar-refractivity contribution >= 4 is 51.0 Å². The molecule has 7 heteroatoms. The highest BCUT2D eigenvalue weighted by molar-refractivity contribution is 7.99. The number of carbonyl (C=O) groups is 1. The molecular weight excluding hydrogens is 432 g/mol. The van der Waals surface area contributed by atoms with Crippen molar-refractivity contribution in [3.8, 4) is 5.75 Å². The number of amides is 1. The first-order valence-corrected chi connectivity index (χ1v) is 13.2. The summed E-state index contributed by atoms with van der Waals surface area (Å²) in [6.07, 6.45) is 3.39. The van der Waals surface area contributed by atoms with Gasteiger partial charge in [-0.15, -0.1) is 11.8 Å². The Balaban J connectivity index is 1.68. The molecule has 1 aromatic heterocycles. The van der Waals surface area contributed by atoms with Gasteiger partial charge in [0.05, 0.1) is 17.3 Å². The first kappa shape index (κ1) is 23.0. The van der Waals surface area contributed by atoms with Crippen LogP contribution < -0.4 is 9.54 Å². The number of methoxy groups -OCH3 is 1. The zero-order valence-electron chi connectivity index (χ0n) is 17.9. The lowest BCUT2D eigenvalue weighted by Gasteiger charge is -2.05. The van der Waals surface area contributed by atoms with Crippen molar-refractivity contribution < 1.29 is 9.53 Å². The molecule has 0 bridgehead atoms. The van der Waals surface area contributed by atoms with Crippen molar-refractivity contribution in [2.75, 3.05) is 24.9 Å². The maximum Gasteiger partial charge on any atom is 0.248 e. The number of hydrogen-bond acceptors (Lipinski definition) is 5. The molecule has 0 atom stereocenters. The van der Waals surface area contributed by atoms with Gasteiger partial charge in [-0.3, -0.25) is 4.79 Å². The van der Waals surface area contributed by atoms with Gasteiger partial charge in [0.25, 0.3) is 0 Å². The van der Waals surface area contributed by atoms with E-state index < -0.39 is 0 Å². The fourth-order valence-electron chi connectivity index (χ4n) is 3.24. The van der Waals surface area contributed by atoms with Crippen molar-refractivity contribution in [1.82, 2.24) is 4.57 Å². The molecule has 0 unspecified atom stereocenters. The van der Waals surface area contributed by atoms with Gasteiger partial charge in [-0.05, 0) is 73.7 Å². The Morgan fingerprint density at radius 3 is 2.63 bits per heavy atom. The lowest BCUT2D eigenvalue weighted by Crippen LogP contribution is -2.18. The van der Waals surface area contributed by atoms with Crippen LogP contribution in [0.3, 0.4) is 0 Å². The zero-order chi connectivity index (χ0) is 21.5. The number of aromatic nitrogens is 1. The molecule has 0 radical (unpaired) electrons. The van der Waals surface area contributed by atoms with Crippen LogP contribution in [0.15, 0.2) is 46.3 Å². The number of rotatable bonds is 9. The number of carbonyl (C=O) groups excluding carboxylic acids is 1. The Morgan fingerprint density at radius 2 is 1.93 bits per heavy atom. The number of fused-ring (bicyclic) bond motifs is 1. The van der Waals surface area contributed by atoms with Gasteiger partial charge >= 0.3 is 0 Å². The molecule has 30 heavy (non-hydrogen) atoms. The van der Waals surface area contributed by atoms with Crippen molar-refractivity contribution in [2.45, 2.75) is 38.1 Å². The van der Waals surface area contributed by atoms with E-state index in [2.05, 4.69) is 41.8 Å². The standard InChI is InChI=1S/C23H28N2O2S3/c1-16-14-17(2)22-20(15-16)25(11-13-28-4)23(30-22)24-21(26)6-5-12-29-19-9-7-18(27-3)8-10-19/h7-10,14-15H,5-6,11-13H2,1-4H3. The number of ether oxygens (including phenoxy) is 1. The third-order valence-electron chi connectivity index (χ3n) is 4.72. The summed E-state index contributed by atoms with van der Waals surface area (Å²) in [5, 5.41) is 0. The number of benzene rings is 2. The summed E-state index contributed by atoms with van der Waals surface area (Å²) in [6.45, 7) is 5.11. The molecule has 0 spiro atoms. The summed E-state index contributed by atoms with van der Waals surface area (Å²) >= 11 is 5.19. The highest BCUT2D eigenvalue weighted by Gasteiger charge is 2.10. The Morgan fingerprint density at radius 1 is 1.17 bits per heavy atom. The lowest BCUT2D eigenvalue weighted by atomic mass is 10.1. The second-order valence-electron chi connectivity index (χ2n) is 7.09. The summed E-state index contributed by atoms with van der Waals surface area (Å²) in [5.41, 5.74) is 3.68. The van der Waals surface area contributed by atoms with Gasteiger partial charge in [0.1, 0.15) is 5.75 Å². The molecule has 4 nitrogen and oxygen atoms in total. The Hall–Kier alpha value is -1.70. The largest absolute Gasteiger partial charge is 0.497 e.